The Morgan fingerprint density at radius 2 is 1.91 bits per heavy atom. The Labute approximate surface area is 137 Å². The maximum atomic E-state index is 3.51. The summed E-state index contributed by atoms with van der Waals surface area (Å²) in [6.07, 6.45) is 1.22. The van der Waals surface area contributed by atoms with Crippen molar-refractivity contribution in [3.05, 3.63) is 52.2 Å². The van der Waals surface area contributed by atoms with Crippen molar-refractivity contribution in [1.82, 2.24) is 10.2 Å². The predicted molar refractivity (Wildman–Crippen MR) is 96.0 cm³/mol. The van der Waals surface area contributed by atoms with E-state index < -0.39 is 0 Å². The summed E-state index contributed by atoms with van der Waals surface area (Å²) in [6, 6.07) is 13.9. The molecule has 22 heavy (non-hydrogen) atoms. The molecule has 1 saturated heterocycles. The number of thiophene rings is 1. The molecule has 2 heterocycles. The highest BCUT2D eigenvalue weighted by molar-refractivity contribution is 7.10. The van der Waals surface area contributed by atoms with Crippen LogP contribution in [0.25, 0.3) is 0 Å². The van der Waals surface area contributed by atoms with Crippen molar-refractivity contribution in [3.63, 3.8) is 0 Å². The van der Waals surface area contributed by atoms with Gasteiger partial charge in [0.05, 0.1) is 6.04 Å². The van der Waals surface area contributed by atoms with E-state index >= 15 is 0 Å². The molecule has 1 aromatic carbocycles. The van der Waals surface area contributed by atoms with Crippen LogP contribution in [-0.2, 0) is 0 Å². The number of nitrogens with one attached hydrogen (secondary N) is 1. The lowest BCUT2D eigenvalue weighted by Gasteiger charge is -2.30. The fourth-order valence-corrected chi connectivity index (χ4v) is 3.97. The summed E-state index contributed by atoms with van der Waals surface area (Å²) in [6.45, 7) is 4.48. The molecule has 1 aliphatic rings. The summed E-state index contributed by atoms with van der Waals surface area (Å²) in [5.41, 5.74) is 2.65. The zero-order chi connectivity index (χ0) is 15.4. The van der Waals surface area contributed by atoms with E-state index in [9.17, 15) is 0 Å². The molecule has 1 fully saturated rings. The molecule has 0 amide bonds. The molecule has 0 radical (unpaired) electrons. The number of benzene rings is 1. The fourth-order valence-electron chi connectivity index (χ4n) is 3.08. The van der Waals surface area contributed by atoms with Gasteiger partial charge in [0.15, 0.2) is 0 Å². The van der Waals surface area contributed by atoms with E-state index in [2.05, 4.69) is 71.0 Å². The normalized spacial score (nSPS) is 17.9. The van der Waals surface area contributed by atoms with Gasteiger partial charge in [0.25, 0.3) is 0 Å². The first-order valence-corrected chi connectivity index (χ1v) is 8.89. The van der Waals surface area contributed by atoms with Crippen LogP contribution in [0.2, 0.25) is 0 Å². The first-order valence-electron chi connectivity index (χ1n) is 8.01. The molecule has 1 atom stereocenters. The quantitative estimate of drug-likeness (QED) is 0.935. The molecule has 3 rings (SSSR count). The predicted octanol–water partition coefficient (Wildman–Crippen LogP) is 3.20. The summed E-state index contributed by atoms with van der Waals surface area (Å²) in [5, 5.41) is 5.70. The molecule has 0 spiro atoms. The van der Waals surface area contributed by atoms with Gasteiger partial charge in [-0.15, -0.1) is 11.3 Å². The number of anilines is 1. The summed E-state index contributed by atoms with van der Waals surface area (Å²) < 4.78 is 0. The lowest BCUT2D eigenvalue weighted by Crippen LogP contribution is -2.32. The zero-order valence-electron chi connectivity index (χ0n) is 13.5. The van der Waals surface area contributed by atoms with Crippen LogP contribution in [0.5, 0.6) is 0 Å². The van der Waals surface area contributed by atoms with Gasteiger partial charge >= 0.3 is 0 Å². The molecule has 1 N–H and O–H groups in total. The molecule has 118 valence electrons. The molecule has 0 saturated carbocycles. The van der Waals surface area contributed by atoms with Gasteiger partial charge in [-0.25, -0.2) is 0 Å². The first-order chi connectivity index (χ1) is 10.8. The van der Waals surface area contributed by atoms with Crippen molar-refractivity contribution < 1.29 is 0 Å². The molecule has 1 aromatic heterocycles. The second-order valence-corrected chi connectivity index (χ2v) is 7.02. The minimum absolute atomic E-state index is 0.385. The van der Waals surface area contributed by atoms with Gasteiger partial charge < -0.3 is 10.2 Å². The lowest BCUT2D eigenvalue weighted by atomic mass is 10.0. The fraction of sp³-hybridized carbons (Fsp3) is 0.444. The molecule has 1 unspecified atom stereocenters. The summed E-state index contributed by atoms with van der Waals surface area (Å²) in [4.78, 5) is 6.22. The average molecular weight is 315 g/mol. The minimum atomic E-state index is 0.385. The summed E-state index contributed by atoms with van der Waals surface area (Å²) in [7, 11) is 4.18. The summed E-state index contributed by atoms with van der Waals surface area (Å²) in [5.74, 6) is 0. The van der Waals surface area contributed by atoms with Gasteiger partial charge in [-0.05, 0) is 42.1 Å². The topological polar surface area (TPSA) is 18.5 Å². The van der Waals surface area contributed by atoms with E-state index in [4.69, 9.17) is 0 Å². The molecular weight excluding hydrogens is 290 g/mol. The standard InChI is InChI=1S/C18H25N3S/c1-20(2)16-8-6-15(7-9-16)18(17-5-3-14-22-17)21-12-4-10-19-11-13-21/h3,5-9,14,18-19H,4,10-13H2,1-2H3. The van der Waals surface area contributed by atoms with E-state index in [1.807, 2.05) is 11.3 Å². The Morgan fingerprint density at radius 1 is 1.09 bits per heavy atom. The van der Waals surface area contributed by atoms with Crippen molar-refractivity contribution in [2.75, 3.05) is 45.2 Å². The monoisotopic (exact) mass is 315 g/mol. The molecular formula is C18H25N3S. The van der Waals surface area contributed by atoms with Crippen LogP contribution < -0.4 is 10.2 Å². The molecule has 2 aromatic rings. The third-order valence-electron chi connectivity index (χ3n) is 4.28. The van der Waals surface area contributed by atoms with Crippen LogP contribution >= 0.6 is 11.3 Å². The number of hydrogen-bond donors (Lipinski definition) is 1. The van der Waals surface area contributed by atoms with Crippen molar-refractivity contribution >= 4 is 17.0 Å². The highest BCUT2D eigenvalue weighted by atomic mass is 32.1. The highest BCUT2D eigenvalue weighted by Crippen LogP contribution is 2.32. The SMILES string of the molecule is CN(C)c1ccc(C(c2cccs2)N2CCCNCC2)cc1. The van der Waals surface area contributed by atoms with Crippen LogP contribution in [0.3, 0.4) is 0 Å². The third kappa shape index (κ3) is 3.51. The van der Waals surface area contributed by atoms with E-state index in [0.717, 1.165) is 26.2 Å². The number of nitrogens with zero attached hydrogens (tertiary/aromatic N) is 2. The molecule has 1 aliphatic heterocycles. The Bertz CT molecular complexity index is 555. The Kier molecular flexibility index (Phi) is 5.13. The van der Waals surface area contributed by atoms with Gasteiger partial charge in [-0.2, -0.15) is 0 Å². The Morgan fingerprint density at radius 3 is 2.59 bits per heavy atom. The van der Waals surface area contributed by atoms with Crippen LogP contribution in [0.15, 0.2) is 41.8 Å². The van der Waals surface area contributed by atoms with Crippen LogP contribution in [0, 0.1) is 0 Å². The minimum Gasteiger partial charge on any atom is -0.378 e. The van der Waals surface area contributed by atoms with E-state index in [1.165, 1.54) is 22.5 Å². The molecule has 4 heteroatoms. The molecule has 0 bridgehead atoms. The van der Waals surface area contributed by atoms with Crippen molar-refractivity contribution in [2.24, 2.45) is 0 Å². The molecule has 3 nitrogen and oxygen atoms in total. The Hall–Kier alpha value is -1.36. The van der Waals surface area contributed by atoms with Crippen molar-refractivity contribution in [1.29, 1.82) is 0 Å². The van der Waals surface area contributed by atoms with Crippen molar-refractivity contribution in [2.45, 2.75) is 12.5 Å². The van der Waals surface area contributed by atoms with Crippen LogP contribution in [-0.4, -0.2) is 45.2 Å². The average Bonchev–Trinajstić information content (AvgIpc) is 2.91. The van der Waals surface area contributed by atoms with Crippen LogP contribution in [0.4, 0.5) is 5.69 Å². The zero-order valence-corrected chi connectivity index (χ0v) is 14.3. The smallest absolute Gasteiger partial charge is 0.0696 e. The number of rotatable bonds is 4. The number of hydrogen-bond acceptors (Lipinski definition) is 4. The maximum absolute atomic E-state index is 3.51. The largest absolute Gasteiger partial charge is 0.378 e. The maximum Gasteiger partial charge on any atom is 0.0696 e. The molecule has 0 aliphatic carbocycles. The second-order valence-electron chi connectivity index (χ2n) is 6.04. The summed E-state index contributed by atoms with van der Waals surface area (Å²) >= 11 is 1.86. The van der Waals surface area contributed by atoms with Gasteiger partial charge in [-0.1, -0.05) is 18.2 Å². The van der Waals surface area contributed by atoms with Gasteiger partial charge in [0, 0.05) is 44.3 Å². The lowest BCUT2D eigenvalue weighted by molar-refractivity contribution is 0.244. The van der Waals surface area contributed by atoms with Crippen molar-refractivity contribution in [3.8, 4) is 0 Å². The Balaban J connectivity index is 1.90. The van der Waals surface area contributed by atoms with E-state index in [0.29, 0.717) is 6.04 Å². The van der Waals surface area contributed by atoms with Gasteiger partial charge in [-0.3, -0.25) is 4.90 Å². The highest BCUT2D eigenvalue weighted by Gasteiger charge is 2.23. The van der Waals surface area contributed by atoms with E-state index in [-0.39, 0.29) is 0 Å². The first kappa shape index (κ1) is 15.5. The van der Waals surface area contributed by atoms with E-state index in [1.54, 1.807) is 0 Å². The second kappa shape index (κ2) is 7.27. The van der Waals surface area contributed by atoms with Crippen LogP contribution in [0.1, 0.15) is 22.9 Å². The van der Waals surface area contributed by atoms with Gasteiger partial charge in [0.2, 0.25) is 0 Å². The van der Waals surface area contributed by atoms with Gasteiger partial charge in [0.1, 0.15) is 0 Å². The third-order valence-corrected chi connectivity index (χ3v) is 5.20.